The van der Waals surface area contributed by atoms with E-state index in [-0.39, 0.29) is 6.61 Å². The number of rotatable bonds is 5. The second-order valence-corrected chi connectivity index (χ2v) is 5.55. The van der Waals surface area contributed by atoms with Crippen LogP contribution in [0.1, 0.15) is 18.5 Å². The highest BCUT2D eigenvalue weighted by Crippen LogP contribution is 2.20. The highest BCUT2D eigenvalue weighted by Gasteiger charge is 2.18. The van der Waals surface area contributed by atoms with E-state index in [2.05, 4.69) is 31.1 Å². The van der Waals surface area contributed by atoms with E-state index in [1.165, 1.54) is 12.8 Å². The molecule has 1 aliphatic rings. The second kappa shape index (κ2) is 6.50. The van der Waals surface area contributed by atoms with Gasteiger partial charge in [0.15, 0.2) is 0 Å². The third kappa shape index (κ3) is 3.43. The van der Waals surface area contributed by atoms with Gasteiger partial charge in [-0.05, 0) is 54.4 Å². The first-order valence-electron chi connectivity index (χ1n) is 6.43. The highest BCUT2D eigenvalue weighted by molar-refractivity contribution is 9.10. The Balaban J connectivity index is 2.09. The monoisotopic (exact) mass is 313 g/mol. The predicted molar refractivity (Wildman–Crippen MR) is 77.0 cm³/mol. The molecule has 1 atom stereocenters. The molecule has 0 bridgehead atoms. The molecule has 1 aromatic rings. The summed E-state index contributed by atoms with van der Waals surface area (Å²) in [5.41, 5.74) is 0.981. The molecule has 1 unspecified atom stereocenters. The molecule has 1 aromatic heterocycles. The van der Waals surface area contributed by atoms with Crippen molar-refractivity contribution < 1.29 is 5.11 Å². The number of aliphatic hydroxyl groups excluding tert-OH is 1. The first-order chi connectivity index (χ1) is 8.70. The minimum Gasteiger partial charge on any atom is -0.395 e. The quantitative estimate of drug-likeness (QED) is 0.869. The molecule has 0 aliphatic carbocycles. The Morgan fingerprint density at radius 2 is 2.39 bits per heavy atom. The highest BCUT2D eigenvalue weighted by atomic mass is 79.9. The molecule has 0 spiro atoms. The van der Waals surface area contributed by atoms with Gasteiger partial charge in [-0.15, -0.1) is 0 Å². The molecule has 2 N–H and O–H groups in total. The standard InChI is InChI=1S/C13H20BrN3O/c1-10-12(14)4-5-13(16-10)17(7-8-18)9-11-3-2-6-15-11/h4-5,11,15,18H,2-3,6-9H2,1H3. The van der Waals surface area contributed by atoms with Crippen LogP contribution in [0.2, 0.25) is 0 Å². The van der Waals surface area contributed by atoms with Gasteiger partial charge in [0, 0.05) is 23.6 Å². The zero-order valence-electron chi connectivity index (χ0n) is 10.7. The minimum atomic E-state index is 0.156. The van der Waals surface area contributed by atoms with Gasteiger partial charge in [-0.1, -0.05) is 0 Å². The van der Waals surface area contributed by atoms with Gasteiger partial charge in [0.05, 0.1) is 12.3 Å². The van der Waals surface area contributed by atoms with E-state index in [0.717, 1.165) is 29.1 Å². The molecule has 1 saturated heterocycles. The molecular formula is C13H20BrN3O. The van der Waals surface area contributed by atoms with Crippen LogP contribution < -0.4 is 10.2 Å². The normalized spacial score (nSPS) is 19.2. The van der Waals surface area contributed by atoms with Crippen LogP contribution in [-0.2, 0) is 0 Å². The fourth-order valence-corrected chi connectivity index (χ4v) is 2.53. The van der Waals surface area contributed by atoms with Gasteiger partial charge in [-0.2, -0.15) is 0 Å². The van der Waals surface area contributed by atoms with Gasteiger partial charge >= 0.3 is 0 Å². The summed E-state index contributed by atoms with van der Waals surface area (Å²) in [7, 11) is 0. The Hall–Kier alpha value is -0.650. The number of halogens is 1. The number of nitrogens with zero attached hydrogens (tertiary/aromatic N) is 2. The Kier molecular flexibility index (Phi) is 4.97. The zero-order valence-corrected chi connectivity index (χ0v) is 12.3. The number of pyridine rings is 1. The van der Waals surface area contributed by atoms with Crippen molar-refractivity contribution in [3.8, 4) is 0 Å². The summed E-state index contributed by atoms with van der Waals surface area (Å²) in [6, 6.07) is 4.54. The van der Waals surface area contributed by atoms with Gasteiger partial charge in [-0.3, -0.25) is 0 Å². The number of aromatic nitrogens is 1. The lowest BCUT2D eigenvalue weighted by molar-refractivity contribution is 0.300. The van der Waals surface area contributed by atoms with Crippen LogP contribution in [0.4, 0.5) is 5.82 Å². The summed E-state index contributed by atoms with van der Waals surface area (Å²) in [6.45, 7) is 4.79. The van der Waals surface area contributed by atoms with Crippen molar-refractivity contribution in [1.82, 2.24) is 10.3 Å². The average molecular weight is 314 g/mol. The first-order valence-corrected chi connectivity index (χ1v) is 7.22. The molecule has 2 heterocycles. The average Bonchev–Trinajstić information content (AvgIpc) is 2.85. The number of nitrogens with one attached hydrogen (secondary N) is 1. The van der Waals surface area contributed by atoms with Crippen LogP contribution in [-0.4, -0.2) is 42.4 Å². The number of aryl methyl sites for hydroxylation is 1. The maximum atomic E-state index is 9.20. The van der Waals surface area contributed by atoms with E-state index >= 15 is 0 Å². The maximum Gasteiger partial charge on any atom is 0.129 e. The van der Waals surface area contributed by atoms with Crippen LogP contribution in [0.5, 0.6) is 0 Å². The van der Waals surface area contributed by atoms with Crippen LogP contribution >= 0.6 is 15.9 Å². The maximum absolute atomic E-state index is 9.20. The summed E-state index contributed by atoms with van der Waals surface area (Å²) < 4.78 is 1.02. The molecule has 0 aromatic carbocycles. The van der Waals surface area contributed by atoms with E-state index in [0.29, 0.717) is 12.6 Å². The molecule has 0 saturated carbocycles. The van der Waals surface area contributed by atoms with Crippen molar-refractivity contribution in [2.24, 2.45) is 0 Å². The smallest absolute Gasteiger partial charge is 0.129 e. The van der Waals surface area contributed by atoms with E-state index in [4.69, 9.17) is 0 Å². The first kappa shape index (κ1) is 13.8. The SMILES string of the molecule is Cc1nc(N(CCO)CC2CCCN2)ccc1Br. The molecule has 5 heteroatoms. The van der Waals surface area contributed by atoms with Crippen molar-refractivity contribution in [2.45, 2.75) is 25.8 Å². The molecule has 0 radical (unpaired) electrons. The second-order valence-electron chi connectivity index (χ2n) is 4.70. The molecule has 0 amide bonds. The zero-order chi connectivity index (χ0) is 13.0. The molecule has 1 aliphatic heterocycles. The van der Waals surface area contributed by atoms with Crippen molar-refractivity contribution in [3.63, 3.8) is 0 Å². The van der Waals surface area contributed by atoms with Crippen LogP contribution in [0.3, 0.4) is 0 Å². The molecule has 18 heavy (non-hydrogen) atoms. The summed E-state index contributed by atoms with van der Waals surface area (Å²) in [6.07, 6.45) is 2.45. The number of anilines is 1. The van der Waals surface area contributed by atoms with E-state index in [1.807, 2.05) is 19.1 Å². The van der Waals surface area contributed by atoms with Gasteiger partial charge < -0.3 is 15.3 Å². The van der Waals surface area contributed by atoms with Crippen LogP contribution in [0.25, 0.3) is 0 Å². The fourth-order valence-electron chi connectivity index (χ4n) is 2.31. The lowest BCUT2D eigenvalue weighted by atomic mass is 10.2. The van der Waals surface area contributed by atoms with E-state index in [1.54, 1.807) is 0 Å². The third-order valence-corrected chi connectivity index (χ3v) is 4.14. The molecule has 2 rings (SSSR count). The van der Waals surface area contributed by atoms with E-state index in [9.17, 15) is 5.11 Å². The Labute approximate surface area is 117 Å². The van der Waals surface area contributed by atoms with Crippen LogP contribution in [0, 0.1) is 6.92 Å². The van der Waals surface area contributed by atoms with E-state index < -0.39 is 0 Å². The van der Waals surface area contributed by atoms with Crippen molar-refractivity contribution in [3.05, 3.63) is 22.3 Å². The summed E-state index contributed by atoms with van der Waals surface area (Å²) in [5.74, 6) is 0.943. The summed E-state index contributed by atoms with van der Waals surface area (Å²) >= 11 is 3.46. The fraction of sp³-hybridized carbons (Fsp3) is 0.615. The number of hydrogen-bond donors (Lipinski definition) is 2. The number of aliphatic hydroxyl groups is 1. The molecule has 1 fully saturated rings. The van der Waals surface area contributed by atoms with Gasteiger partial charge in [0.25, 0.3) is 0 Å². The van der Waals surface area contributed by atoms with Gasteiger partial charge in [0.1, 0.15) is 5.82 Å². The minimum absolute atomic E-state index is 0.156. The summed E-state index contributed by atoms with van der Waals surface area (Å²) in [5, 5.41) is 12.7. The van der Waals surface area contributed by atoms with Crippen LogP contribution in [0.15, 0.2) is 16.6 Å². The summed E-state index contributed by atoms with van der Waals surface area (Å²) in [4.78, 5) is 6.73. The molecule has 100 valence electrons. The Morgan fingerprint density at radius 1 is 1.56 bits per heavy atom. The third-order valence-electron chi connectivity index (χ3n) is 3.30. The lowest BCUT2D eigenvalue weighted by Gasteiger charge is -2.26. The Morgan fingerprint density at radius 3 is 3.00 bits per heavy atom. The van der Waals surface area contributed by atoms with Gasteiger partial charge in [-0.25, -0.2) is 4.98 Å². The number of hydrogen-bond acceptors (Lipinski definition) is 4. The molecule has 4 nitrogen and oxygen atoms in total. The lowest BCUT2D eigenvalue weighted by Crippen LogP contribution is -2.39. The largest absolute Gasteiger partial charge is 0.395 e. The van der Waals surface area contributed by atoms with Gasteiger partial charge in [0.2, 0.25) is 0 Å². The van der Waals surface area contributed by atoms with Crippen molar-refractivity contribution in [2.75, 3.05) is 31.1 Å². The Bertz CT molecular complexity index is 394. The van der Waals surface area contributed by atoms with Crippen molar-refractivity contribution >= 4 is 21.7 Å². The molecular weight excluding hydrogens is 294 g/mol. The predicted octanol–water partition coefficient (Wildman–Crippen LogP) is 1.70. The topological polar surface area (TPSA) is 48.4 Å². The van der Waals surface area contributed by atoms with Crippen molar-refractivity contribution in [1.29, 1.82) is 0 Å².